The van der Waals surface area contributed by atoms with Crippen LogP contribution in [0.2, 0.25) is 0 Å². The maximum absolute atomic E-state index is 12.7. The van der Waals surface area contributed by atoms with Gasteiger partial charge in [-0.05, 0) is 61.2 Å². The SMILES string of the molecule is O=C(Nc1ccccc1OCC1CCCCO1)c1ccc(COc2ccccc2)cc1. The Bertz CT molecular complexity index is 966. The van der Waals surface area contributed by atoms with Crippen molar-refractivity contribution in [3.05, 3.63) is 90.0 Å². The Morgan fingerprint density at radius 1 is 0.903 bits per heavy atom. The van der Waals surface area contributed by atoms with Crippen LogP contribution in [0.5, 0.6) is 11.5 Å². The molecule has 0 radical (unpaired) electrons. The molecule has 5 heteroatoms. The van der Waals surface area contributed by atoms with Crippen molar-refractivity contribution < 1.29 is 19.0 Å². The third kappa shape index (κ3) is 6.09. The van der Waals surface area contributed by atoms with Crippen LogP contribution in [0, 0.1) is 0 Å². The predicted molar refractivity (Wildman–Crippen MR) is 121 cm³/mol. The summed E-state index contributed by atoms with van der Waals surface area (Å²) in [6.45, 7) is 1.73. The Labute approximate surface area is 183 Å². The normalized spacial score (nSPS) is 15.8. The highest BCUT2D eigenvalue weighted by Gasteiger charge is 2.16. The minimum Gasteiger partial charge on any atom is -0.489 e. The molecule has 1 aliphatic rings. The zero-order chi connectivity index (χ0) is 21.3. The fraction of sp³-hybridized carbons (Fsp3) is 0.269. The number of hydrogen-bond acceptors (Lipinski definition) is 4. The molecule has 1 aliphatic heterocycles. The molecule has 3 aromatic rings. The molecular formula is C26H27NO4. The summed E-state index contributed by atoms with van der Waals surface area (Å²) in [5, 5.41) is 2.96. The van der Waals surface area contributed by atoms with Crippen LogP contribution in [-0.4, -0.2) is 25.2 Å². The van der Waals surface area contributed by atoms with Crippen LogP contribution in [0.1, 0.15) is 35.2 Å². The number of carbonyl (C=O) groups excluding carboxylic acids is 1. The second kappa shape index (κ2) is 10.6. The van der Waals surface area contributed by atoms with Gasteiger partial charge in [0.2, 0.25) is 0 Å². The van der Waals surface area contributed by atoms with Gasteiger partial charge in [0, 0.05) is 12.2 Å². The van der Waals surface area contributed by atoms with Gasteiger partial charge in [-0.1, -0.05) is 42.5 Å². The monoisotopic (exact) mass is 417 g/mol. The summed E-state index contributed by atoms with van der Waals surface area (Å²) in [7, 11) is 0. The lowest BCUT2D eigenvalue weighted by molar-refractivity contribution is -0.0109. The van der Waals surface area contributed by atoms with Gasteiger partial charge in [0.05, 0.1) is 11.8 Å². The van der Waals surface area contributed by atoms with Crippen molar-refractivity contribution in [1.82, 2.24) is 0 Å². The van der Waals surface area contributed by atoms with E-state index in [4.69, 9.17) is 14.2 Å². The van der Waals surface area contributed by atoms with Gasteiger partial charge in [-0.3, -0.25) is 4.79 Å². The molecular weight excluding hydrogens is 390 g/mol. The average Bonchev–Trinajstić information content (AvgIpc) is 2.84. The van der Waals surface area contributed by atoms with E-state index in [1.165, 1.54) is 6.42 Å². The first kappa shape index (κ1) is 20.9. The van der Waals surface area contributed by atoms with E-state index < -0.39 is 0 Å². The fourth-order valence-corrected chi connectivity index (χ4v) is 3.45. The van der Waals surface area contributed by atoms with E-state index in [0.717, 1.165) is 30.8 Å². The zero-order valence-corrected chi connectivity index (χ0v) is 17.5. The summed E-state index contributed by atoms with van der Waals surface area (Å²) in [5.41, 5.74) is 2.23. The zero-order valence-electron chi connectivity index (χ0n) is 17.5. The van der Waals surface area contributed by atoms with Crippen molar-refractivity contribution in [1.29, 1.82) is 0 Å². The smallest absolute Gasteiger partial charge is 0.255 e. The molecule has 160 valence electrons. The number of ether oxygens (including phenoxy) is 3. The van der Waals surface area contributed by atoms with Crippen LogP contribution >= 0.6 is 0 Å². The Balaban J connectivity index is 1.33. The summed E-state index contributed by atoms with van der Waals surface area (Å²) in [6.07, 6.45) is 3.40. The van der Waals surface area contributed by atoms with Gasteiger partial charge < -0.3 is 19.5 Å². The first-order valence-electron chi connectivity index (χ1n) is 10.7. The second-order valence-corrected chi connectivity index (χ2v) is 7.55. The van der Waals surface area contributed by atoms with E-state index >= 15 is 0 Å². The molecule has 1 N–H and O–H groups in total. The first-order valence-corrected chi connectivity index (χ1v) is 10.7. The minimum absolute atomic E-state index is 0.114. The largest absolute Gasteiger partial charge is 0.489 e. The van der Waals surface area contributed by atoms with Crippen molar-refractivity contribution in [2.24, 2.45) is 0 Å². The predicted octanol–water partition coefficient (Wildman–Crippen LogP) is 5.47. The molecule has 1 unspecified atom stereocenters. The fourth-order valence-electron chi connectivity index (χ4n) is 3.45. The van der Waals surface area contributed by atoms with Crippen LogP contribution in [0.15, 0.2) is 78.9 Å². The van der Waals surface area contributed by atoms with Gasteiger partial charge in [0.25, 0.3) is 5.91 Å². The van der Waals surface area contributed by atoms with Crippen molar-refractivity contribution in [3.8, 4) is 11.5 Å². The maximum atomic E-state index is 12.7. The Kier molecular flexibility index (Phi) is 7.19. The number of anilines is 1. The lowest BCUT2D eigenvalue weighted by atomic mass is 10.1. The molecule has 0 aliphatic carbocycles. The van der Waals surface area contributed by atoms with Crippen molar-refractivity contribution in [2.45, 2.75) is 32.0 Å². The van der Waals surface area contributed by atoms with Crippen LogP contribution in [-0.2, 0) is 11.3 Å². The molecule has 0 bridgehead atoms. The van der Waals surface area contributed by atoms with Gasteiger partial charge in [-0.2, -0.15) is 0 Å². The van der Waals surface area contributed by atoms with E-state index in [1.807, 2.05) is 66.7 Å². The summed E-state index contributed by atoms with van der Waals surface area (Å²) in [4.78, 5) is 12.7. The van der Waals surface area contributed by atoms with E-state index in [0.29, 0.717) is 30.2 Å². The van der Waals surface area contributed by atoms with E-state index in [9.17, 15) is 4.79 Å². The number of nitrogens with one attached hydrogen (secondary N) is 1. The van der Waals surface area contributed by atoms with Crippen molar-refractivity contribution in [3.63, 3.8) is 0 Å². The molecule has 1 fully saturated rings. The standard InChI is InChI=1S/C26H27NO4/c28-26(21-15-13-20(14-16-21)18-30-22-8-2-1-3-9-22)27-24-11-4-5-12-25(24)31-19-23-10-6-7-17-29-23/h1-5,8-9,11-16,23H,6-7,10,17-19H2,(H,27,28). The molecule has 1 atom stereocenters. The van der Waals surface area contributed by atoms with E-state index in [2.05, 4.69) is 5.32 Å². The maximum Gasteiger partial charge on any atom is 0.255 e. The summed E-state index contributed by atoms with van der Waals surface area (Å²) < 4.78 is 17.4. The van der Waals surface area contributed by atoms with Crippen molar-refractivity contribution in [2.75, 3.05) is 18.5 Å². The van der Waals surface area contributed by atoms with Crippen LogP contribution in [0.4, 0.5) is 5.69 Å². The summed E-state index contributed by atoms with van der Waals surface area (Å²) in [6, 6.07) is 24.6. The highest BCUT2D eigenvalue weighted by Crippen LogP contribution is 2.25. The van der Waals surface area contributed by atoms with E-state index in [1.54, 1.807) is 12.1 Å². The molecule has 4 rings (SSSR count). The molecule has 0 spiro atoms. The van der Waals surface area contributed by atoms with Gasteiger partial charge in [0.15, 0.2) is 0 Å². The third-order valence-corrected chi connectivity index (χ3v) is 5.20. The molecule has 3 aromatic carbocycles. The Morgan fingerprint density at radius 3 is 2.45 bits per heavy atom. The summed E-state index contributed by atoms with van der Waals surface area (Å²) in [5.74, 6) is 1.29. The lowest BCUT2D eigenvalue weighted by Gasteiger charge is -2.23. The van der Waals surface area contributed by atoms with Gasteiger partial charge in [-0.15, -0.1) is 0 Å². The first-order chi connectivity index (χ1) is 15.3. The van der Waals surface area contributed by atoms with Crippen LogP contribution in [0.25, 0.3) is 0 Å². The van der Waals surface area contributed by atoms with Crippen LogP contribution in [0.3, 0.4) is 0 Å². The third-order valence-electron chi connectivity index (χ3n) is 5.20. The number of hydrogen-bond donors (Lipinski definition) is 1. The molecule has 1 saturated heterocycles. The average molecular weight is 418 g/mol. The number of carbonyl (C=O) groups is 1. The quantitative estimate of drug-likeness (QED) is 0.528. The number of para-hydroxylation sites is 3. The summed E-state index contributed by atoms with van der Waals surface area (Å²) >= 11 is 0. The molecule has 31 heavy (non-hydrogen) atoms. The molecule has 1 heterocycles. The molecule has 1 amide bonds. The van der Waals surface area contributed by atoms with Gasteiger partial charge >= 0.3 is 0 Å². The molecule has 5 nitrogen and oxygen atoms in total. The second-order valence-electron chi connectivity index (χ2n) is 7.55. The highest BCUT2D eigenvalue weighted by atomic mass is 16.5. The minimum atomic E-state index is -0.180. The van der Waals surface area contributed by atoms with Crippen molar-refractivity contribution >= 4 is 11.6 Å². The number of amides is 1. The van der Waals surface area contributed by atoms with Crippen LogP contribution < -0.4 is 14.8 Å². The molecule has 0 saturated carbocycles. The molecule has 0 aromatic heterocycles. The Morgan fingerprint density at radius 2 is 1.68 bits per heavy atom. The lowest BCUT2D eigenvalue weighted by Crippen LogP contribution is -2.26. The number of rotatable bonds is 8. The number of benzene rings is 3. The topological polar surface area (TPSA) is 56.8 Å². The highest BCUT2D eigenvalue weighted by molar-refractivity contribution is 6.05. The van der Waals surface area contributed by atoms with Gasteiger partial charge in [-0.25, -0.2) is 0 Å². The Hall–Kier alpha value is -3.31. The van der Waals surface area contributed by atoms with E-state index in [-0.39, 0.29) is 12.0 Å². The van der Waals surface area contributed by atoms with Gasteiger partial charge in [0.1, 0.15) is 24.7 Å².